The highest BCUT2D eigenvalue weighted by Crippen LogP contribution is 2.41. The van der Waals surface area contributed by atoms with E-state index in [1.165, 1.54) is 36.3 Å². The van der Waals surface area contributed by atoms with Gasteiger partial charge in [0, 0.05) is 120 Å². The Bertz CT molecular complexity index is 2540. The highest BCUT2D eigenvalue weighted by molar-refractivity contribution is 6.04. The Morgan fingerprint density at radius 2 is 1.63 bits per heavy atom. The van der Waals surface area contributed by atoms with Crippen LogP contribution in [0.3, 0.4) is 0 Å². The third-order valence-corrected chi connectivity index (χ3v) is 12.0. The number of aromatic nitrogens is 3. The van der Waals surface area contributed by atoms with Crippen molar-refractivity contribution in [3.05, 3.63) is 89.4 Å². The molecule has 3 aliphatic heterocycles. The number of hydrogen-bond acceptors (Lipinski definition) is 9. The summed E-state index contributed by atoms with van der Waals surface area (Å²) in [4.78, 5) is 59.6. The number of carbonyl (C=O) groups excluding carboxylic acids is 4. The number of fused-ring (bicyclic) bond motifs is 1. The van der Waals surface area contributed by atoms with Gasteiger partial charge in [0.1, 0.15) is 34.9 Å². The third kappa shape index (κ3) is 8.37. The second-order valence-electron chi connectivity index (χ2n) is 16.1. The summed E-state index contributed by atoms with van der Waals surface area (Å²) in [6.45, 7) is 2.06. The molecule has 0 saturated carbocycles. The molecule has 18 heteroatoms. The van der Waals surface area contributed by atoms with Gasteiger partial charge in [0.05, 0.1) is 29.7 Å². The van der Waals surface area contributed by atoms with Crippen molar-refractivity contribution in [1.82, 2.24) is 29.9 Å². The van der Waals surface area contributed by atoms with Crippen LogP contribution in [0, 0.1) is 23.3 Å². The summed E-state index contributed by atoms with van der Waals surface area (Å²) in [5.41, 5.74) is 0.832. The molecule has 0 spiro atoms. The molecule has 5 heterocycles. The van der Waals surface area contributed by atoms with Gasteiger partial charge in [0.2, 0.25) is 17.7 Å². The minimum atomic E-state index is -0.765. The molecule has 1 unspecified atom stereocenters. The number of anilines is 3. The molecule has 0 aliphatic carbocycles. The molecule has 3 N–H and O–H groups in total. The average molecular weight is 858 g/mol. The van der Waals surface area contributed by atoms with E-state index in [9.17, 15) is 19.2 Å². The lowest BCUT2D eigenvalue weighted by Crippen LogP contribution is -2.47. The quantitative estimate of drug-likeness (QED) is 0.114. The van der Waals surface area contributed by atoms with Crippen molar-refractivity contribution in [3.63, 3.8) is 0 Å². The lowest BCUT2D eigenvalue weighted by molar-refractivity contribution is -0.134. The van der Waals surface area contributed by atoms with Gasteiger partial charge in [-0.1, -0.05) is 0 Å². The number of methoxy groups -OCH3 is 1. The molecule has 14 nitrogen and oxygen atoms in total. The van der Waals surface area contributed by atoms with E-state index >= 15 is 17.6 Å². The van der Waals surface area contributed by atoms with Crippen LogP contribution in [-0.2, 0) is 20.9 Å². The SMILES string of the molecule is COc1cc(N2CCN(c3cc(F)c(-c4cc([C@H]5CCCN(C(=O)CCn6cccn6)C5)c(F)c5[nH]c(C(=O)N(C)C)cc45)cc3F)CC2)c(F)cc1NC1CCC(=O)NC1=O. The topological polar surface area (TPSA) is 148 Å². The van der Waals surface area contributed by atoms with Gasteiger partial charge >= 0.3 is 0 Å². The number of carbonyl (C=O) groups is 4. The highest BCUT2D eigenvalue weighted by Gasteiger charge is 2.32. The van der Waals surface area contributed by atoms with Crippen LogP contribution in [0.15, 0.2) is 54.9 Å². The van der Waals surface area contributed by atoms with Gasteiger partial charge in [0.15, 0.2) is 5.82 Å². The molecule has 3 fully saturated rings. The van der Waals surface area contributed by atoms with Crippen molar-refractivity contribution >= 4 is 51.6 Å². The third-order valence-electron chi connectivity index (χ3n) is 12.0. The zero-order chi connectivity index (χ0) is 43.8. The van der Waals surface area contributed by atoms with Gasteiger partial charge in [-0.2, -0.15) is 5.10 Å². The summed E-state index contributed by atoms with van der Waals surface area (Å²) in [5, 5.41) is 9.59. The fraction of sp³-hybridized carbons (Fsp3) is 0.386. The number of piperidine rings is 2. The first-order valence-corrected chi connectivity index (χ1v) is 20.6. The van der Waals surface area contributed by atoms with E-state index < -0.39 is 47.0 Å². The summed E-state index contributed by atoms with van der Waals surface area (Å²) in [5.74, 6) is -4.28. The van der Waals surface area contributed by atoms with E-state index in [4.69, 9.17) is 4.74 Å². The van der Waals surface area contributed by atoms with Crippen molar-refractivity contribution in [1.29, 1.82) is 0 Å². The summed E-state index contributed by atoms with van der Waals surface area (Å²) >= 11 is 0. The average Bonchev–Trinajstić information content (AvgIpc) is 3.96. The van der Waals surface area contributed by atoms with Crippen molar-refractivity contribution < 1.29 is 41.5 Å². The molecular weight excluding hydrogens is 811 g/mol. The van der Waals surface area contributed by atoms with Crippen molar-refractivity contribution in [2.75, 3.05) is 75.6 Å². The second-order valence-corrected chi connectivity index (χ2v) is 16.1. The maximum atomic E-state index is 16.6. The molecule has 3 aliphatic rings. The standard InChI is InChI=1S/C44H47F4N9O5/c1-53(2)44(61)35-20-29-27(18-26(41(48)42(29)51-35)25-6-4-11-56(24-25)40(59)9-13-57-12-5-10-49-57)28-19-31(46)36(22-30(28)45)54-14-16-55(17-15-54)37-23-38(62-3)34(21-32(37)47)50-33-7-8-39(58)52-43(33)60/h5,10,12,18-23,25,33,50-51H,4,6-9,11,13-17,24H2,1-3H3,(H,52,58,60)/t25-,33?/m0/s1. The molecule has 3 saturated heterocycles. The summed E-state index contributed by atoms with van der Waals surface area (Å²) in [7, 11) is 4.52. The minimum Gasteiger partial charge on any atom is -0.495 e. The molecule has 62 heavy (non-hydrogen) atoms. The number of hydrogen-bond donors (Lipinski definition) is 3. The van der Waals surface area contributed by atoms with Crippen molar-refractivity contribution in [2.45, 2.75) is 50.6 Å². The van der Waals surface area contributed by atoms with Crippen LogP contribution in [-0.4, -0.2) is 115 Å². The second kappa shape index (κ2) is 17.4. The predicted octanol–water partition coefficient (Wildman–Crippen LogP) is 5.64. The molecular formula is C44H47F4N9O5. The Morgan fingerprint density at radius 1 is 0.903 bits per heavy atom. The van der Waals surface area contributed by atoms with Gasteiger partial charge in [-0.3, -0.25) is 29.2 Å². The summed E-state index contributed by atoms with van der Waals surface area (Å²) in [6, 6.07) is 8.92. The number of likely N-dealkylation sites (tertiary alicyclic amines) is 1. The lowest BCUT2D eigenvalue weighted by Gasteiger charge is -2.38. The van der Waals surface area contributed by atoms with E-state index in [0.29, 0.717) is 25.9 Å². The van der Waals surface area contributed by atoms with Crippen LogP contribution >= 0.6 is 0 Å². The Labute approximate surface area is 354 Å². The van der Waals surface area contributed by atoms with Crippen LogP contribution < -0.4 is 25.2 Å². The Kier molecular flexibility index (Phi) is 11.8. The maximum Gasteiger partial charge on any atom is 0.269 e. The molecule has 8 rings (SSSR count). The normalized spacial score (nSPS) is 18.3. The van der Waals surface area contributed by atoms with E-state index in [1.54, 1.807) is 51.9 Å². The number of amides is 4. The Hall–Kier alpha value is -6.59. The van der Waals surface area contributed by atoms with Crippen LogP contribution in [0.4, 0.5) is 34.6 Å². The molecule has 5 aromatic rings. The fourth-order valence-electron chi connectivity index (χ4n) is 8.67. The van der Waals surface area contributed by atoms with E-state index in [2.05, 4.69) is 20.7 Å². The van der Waals surface area contributed by atoms with E-state index in [0.717, 1.165) is 12.1 Å². The van der Waals surface area contributed by atoms with Gasteiger partial charge in [-0.25, -0.2) is 17.6 Å². The number of nitrogens with one attached hydrogen (secondary N) is 3. The number of aryl methyl sites for hydroxylation is 1. The summed E-state index contributed by atoms with van der Waals surface area (Å²) in [6.07, 6.45) is 5.17. The van der Waals surface area contributed by atoms with Crippen LogP contribution in [0.2, 0.25) is 0 Å². The van der Waals surface area contributed by atoms with Gasteiger partial charge in [0.25, 0.3) is 5.91 Å². The first-order chi connectivity index (χ1) is 29.8. The van der Waals surface area contributed by atoms with Crippen LogP contribution in [0.25, 0.3) is 22.0 Å². The number of aromatic amines is 1. The largest absolute Gasteiger partial charge is 0.495 e. The van der Waals surface area contributed by atoms with Crippen LogP contribution in [0.1, 0.15) is 54.1 Å². The lowest BCUT2D eigenvalue weighted by atomic mass is 9.86. The van der Waals surface area contributed by atoms with Gasteiger partial charge in [-0.15, -0.1) is 0 Å². The number of piperazine rings is 1. The number of imide groups is 1. The molecule has 3 aromatic carbocycles. The number of benzene rings is 3. The molecule has 0 bridgehead atoms. The fourth-order valence-corrected chi connectivity index (χ4v) is 8.67. The van der Waals surface area contributed by atoms with Crippen molar-refractivity contribution in [2.24, 2.45) is 0 Å². The Balaban J connectivity index is 1.04. The first-order valence-electron chi connectivity index (χ1n) is 20.6. The van der Waals surface area contributed by atoms with E-state index in [1.807, 2.05) is 0 Å². The molecule has 2 aromatic heterocycles. The first kappa shape index (κ1) is 42.1. The zero-order valence-corrected chi connectivity index (χ0v) is 34.6. The Morgan fingerprint density at radius 3 is 2.31 bits per heavy atom. The number of halogens is 4. The number of nitrogens with zero attached hydrogens (tertiary/aromatic N) is 6. The maximum absolute atomic E-state index is 16.6. The number of H-pyrrole nitrogens is 1. The van der Waals surface area contributed by atoms with Crippen LogP contribution in [0.5, 0.6) is 5.75 Å². The summed E-state index contributed by atoms with van der Waals surface area (Å²) < 4.78 is 72.3. The molecule has 2 atom stereocenters. The smallest absolute Gasteiger partial charge is 0.269 e. The number of ether oxygens (including phenoxy) is 1. The number of rotatable bonds is 11. The van der Waals surface area contributed by atoms with Gasteiger partial charge < -0.3 is 34.6 Å². The molecule has 326 valence electrons. The zero-order valence-electron chi connectivity index (χ0n) is 34.6. The molecule has 4 amide bonds. The molecule has 0 radical (unpaired) electrons. The predicted molar refractivity (Wildman–Crippen MR) is 224 cm³/mol. The van der Waals surface area contributed by atoms with Gasteiger partial charge in [-0.05, 0) is 54.7 Å². The minimum absolute atomic E-state index is 0.000379. The van der Waals surface area contributed by atoms with E-state index in [-0.39, 0.29) is 120 Å². The highest BCUT2D eigenvalue weighted by atomic mass is 19.1. The van der Waals surface area contributed by atoms with Crippen molar-refractivity contribution in [3.8, 4) is 16.9 Å². The monoisotopic (exact) mass is 857 g/mol.